The Labute approximate surface area is 55.1 Å². The first-order valence-electron chi connectivity index (χ1n) is 3.38. The molecule has 0 unspecified atom stereocenters. The summed E-state index contributed by atoms with van der Waals surface area (Å²) < 4.78 is 0. The summed E-state index contributed by atoms with van der Waals surface area (Å²) >= 11 is 0. The van der Waals surface area contributed by atoms with Gasteiger partial charge in [-0.1, -0.05) is 18.1 Å². The van der Waals surface area contributed by atoms with Gasteiger partial charge in [-0.3, -0.25) is 10.0 Å². The molecular formula is C6H13NO2. The molecule has 1 aliphatic rings. The maximum absolute atomic E-state index is 8.62. The summed E-state index contributed by atoms with van der Waals surface area (Å²) in [5, 5.41) is 9.43. The highest BCUT2D eigenvalue weighted by molar-refractivity contribution is 4.65. The van der Waals surface area contributed by atoms with E-state index in [-0.39, 0.29) is 6.10 Å². The first-order valence-corrected chi connectivity index (χ1v) is 3.38. The van der Waals surface area contributed by atoms with Crippen molar-refractivity contribution in [3.8, 4) is 0 Å². The Kier molecular flexibility index (Phi) is 2.45. The Hall–Kier alpha value is -0.120. The van der Waals surface area contributed by atoms with Crippen molar-refractivity contribution < 1.29 is 10.0 Å². The topological polar surface area (TPSA) is 32.7 Å². The van der Waals surface area contributed by atoms with Gasteiger partial charge in [0.05, 0.1) is 6.10 Å². The van der Waals surface area contributed by atoms with Crippen LogP contribution in [0.4, 0.5) is 0 Å². The second-order valence-electron chi connectivity index (χ2n) is 2.48. The summed E-state index contributed by atoms with van der Waals surface area (Å²) in [6, 6.07) is 0. The minimum Gasteiger partial charge on any atom is -0.290 e. The molecule has 1 rings (SSSR count). The minimum atomic E-state index is 0.264. The second-order valence-corrected chi connectivity index (χ2v) is 2.48. The first-order chi connectivity index (χ1) is 4.29. The van der Waals surface area contributed by atoms with Crippen LogP contribution in [0.2, 0.25) is 0 Å². The van der Waals surface area contributed by atoms with Crippen molar-refractivity contribution in [3.63, 3.8) is 0 Å². The van der Waals surface area contributed by atoms with Crippen LogP contribution in [0.5, 0.6) is 0 Å². The van der Waals surface area contributed by atoms with Crippen LogP contribution < -0.4 is 0 Å². The van der Waals surface area contributed by atoms with Crippen LogP contribution in [-0.4, -0.2) is 23.6 Å². The molecule has 1 fully saturated rings. The first kappa shape index (κ1) is 6.99. The summed E-state index contributed by atoms with van der Waals surface area (Å²) in [5.41, 5.74) is 0. The van der Waals surface area contributed by atoms with Crippen molar-refractivity contribution in [1.29, 1.82) is 0 Å². The normalized spacial score (nSPS) is 21.7. The molecule has 0 aliphatic heterocycles. The molecule has 1 N–H and O–H groups in total. The van der Waals surface area contributed by atoms with Crippen molar-refractivity contribution in [2.24, 2.45) is 0 Å². The molecule has 0 heterocycles. The molecule has 0 aromatic rings. The fraction of sp³-hybridized carbons (Fsp3) is 1.00. The number of hydrogen-bond acceptors (Lipinski definition) is 3. The Balaban J connectivity index is 2.11. The van der Waals surface area contributed by atoms with Gasteiger partial charge in [-0.25, -0.2) is 0 Å². The van der Waals surface area contributed by atoms with Gasteiger partial charge in [-0.05, 0) is 12.8 Å². The lowest BCUT2D eigenvalue weighted by Crippen LogP contribution is -2.20. The lowest BCUT2D eigenvalue weighted by atomic mass is 10.3. The van der Waals surface area contributed by atoms with E-state index in [0.717, 1.165) is 18.1 Å². The number of hydrogen-bond donors (Lipinski definition) is 1. The average molecular weight is 131 g/mol. The van der Waals surface area contributed by atoms with E-state index in [0.29, 0.717) is 0 Å². The van der Waals surface area contributed by atoms with Gasteiger partial charge in [0.2, 0.25) is 0 Å². The molecular weight excluding hydrogens is 118 g/mol. The van der Waals surface area contributed by atoms with Crippen LogP contribution in [-0.2, 0) is 4.84 Å². The molecule has 1 saturated carbocycles. The van der Waals surface area contributed by atoms with E-state index >= 15 is 0 Å². The Morgan fingerprint density at radius 3 is 2.44 bits per heavy atom. The van der Waals surface area contributed by atoms with E-state index in [4.69, 9.17) is 10.0 Å². The van der Waals surface area contributed by atoms with Gasteiger partial charge in [0.1, 0.15) is 0 Å². The van der Waals surface area contributed by atoms with E-state index in [1.54, 1.807) is 0 Å². The summed E-state index contributed by atoms with van der Waals surface area (Å²) in [6.07, 6.45) is 4.91. The third-order valence-corrected chi connectivity index (χ3v) is 1.60. The molecule has 54 valence electrons. The fourth-order valence-electron chi connectivity index (χ4n) is 1.21. The van der Waals surface area contributed by atoms with Gasteiger partial charge >= 0.3 is 0 Å². The zero-order chi connectivity index (χ0) is 6.69. The van der Waals surface area contributed by atoms with Gasteiger partial charge in [0.25, 0.3) is 0 Å². The summed E-state index contributed by atoms with van der Waals surface area (Å²) in [4.78, 5) is 5.00. The molecule has 0 aromatic heterocycles. The van der Waals surface area contributed by atoms with Crippen LogP contribution >= 0.6 is 0 Å². The van der Waals surface area contributed by atoms with Gasteiger partial charge in [-0.15, -0.1) is 0 Å². The number of rotatable bonds is 2. The quantitative estimate of drug-likeness (QED) is 0.571. The fourth-order valence-corrected chi connectivity index (χ4v) is 1.21. The molecule has 0 amide bonds. The number of hydroxylamine groups is 2. The van der Waals surface area contributed by atoms with E-state index in [2.05, 4.69) is 0 Å². The SMILES string of the molecule is CN(O)OC1CCCC1. The van der Waals surface area contributed by atoms with E-state index in [1.165, 1.54) is 19.9 Å². The lowest BCUT2D eigenvalue weighted by molar-refractivity contribution is -0.343. The maximum Gasteiger partial charge on any atom is 0.0819 e. The second kappa shape index (κ2) is 3.15. The van der Waals surface area contributed by atoms with Gasteiger partial charge in [-0.2, -0.15) is 0 Å². The average Bonchev–Trinajstić information content (AvgIpc) is 2.15. The third-order valence-electron chi connectivity index (χ3n) is 1.60. The van der Waals surface area contributed by atoms with Crippen molar-refractivity contribution in [1.82, 2.24) is 5.23 Å². The van der Waals surface area contributed by atoms with Crippen LogP contribution in [0.25, 0.3) is 0 Å². The maximum atomic E-state index is 8.62. The molecule has 9 heavy (non-hydrogen) atoms. The molecule has 0 atom stereocenters. The Bertz CT molecular complexity index is 79.1. The van der Waals surface area contributed by atoms with Crippen molar-refractivity contribution in [2.75, 3.05) is 7.05 Å². The van der Waals surface area contributed by atoms with Crippen molar-refractivity contribution in [2.45, 2.75) is 31.8 Å². The highest BCUT2D eigenvalue weighted by Gasteiger charge is 2.16. The largest absolute Gasteiger partial charge is 0.290 e. The van der Waals surface area contributed by atoms with Crippen LogP contribution in [0.1, 0.15) is 25.7 Å². The van der Waals surface area contributed by atoms with Crippen LogP contribution in [0, 0.1) is 0 Å². The third kappa shape index (κ3) is 2.30. The monoisotopic (exact) mass is 131 g/mol. The zero-order valence-electron chi connectivity index (χ0n) is 5.71. The zero-order valence-corrected chi connectivity index (χ0v) is 5.71. The van der Waals surface area contributed by atoms with Crippen LogP contribution in [0.3, 0.4) is 0 Å². The van der Waals surface area contributed by atoms with E-state index < -0.39 is 0 Å². The molecule has 1 aliphatic carbocycles. The van der Waals surface area contributed by atoms with Crippen molar-refractivity contribution >= 4 is 0 Å². The molecule has 0 spiro atoms. The minimum absolute atomic E-state index is 0.264. The standard InChI is InChI=1S/C6H13NO2/c1-7(8)9-6-4-2-3-5-6/h6,8H,2-5H2,1H3. The Morgan fingerprint density at radius 2 is 2.00 bits per heavy atom. The molecule has 0 bridgehead atoms. The number of nitrogens with zero attached hydrogens (tertiary/aromatic N) is 1. The van der Waals surface area contributed by atoms with E-state index in [1.807, 2.05) is 0 Å². The molecule has 3 heteroatoms. The van der Waals surface area contributed by atoms with Crippen molar-refractivity contribution in [3.05, 3.63) is 0 Å². The Morgan fingerprint density at radius 1 is 1.44 bits per heavy atom. The lowest BCUT2D eigenvalue weighted by Gasteiger charge is -2.13. The smallest absolute Gasteiger partial charge is 0.0819 e. The highest BCUT2D eigenvalue weighted by atomic mass is 16.9. The predicted octanol–water partition coefficient (Wildman–Crippen LogP) is 1.18. The van der Waals surface area contributed by atoms with Gasteiger partial charge in [0, 0.05) is 7.05 Å². The summed E-state index contributed by atoms with van der Waals surface area (Å²) in [5.74, 6) is 0. The van der Waals surface area contributed by atoms with E-state index in [9.17, 15) is 0 Å². The summed E-state index contributed by atoms with van der Waals surface area (Å²) in [6.45, 7) is 0. The van der Waals surface area contributed by atoms with Gasteiger partial charge in [0.15, 0.2) is 0 Å². The molecule has 0 aromatic carbocycles. The van der Waals surface area contributed by atoms with Gasteiger partial charge < -0.3 is 0 Å². The van der Waals surface area contributed by atoms with Crippen LogP contribution in [0.15, 0.2) is 0 Å². The highest BCUT2D eigenvalue weighted by Crippen LogP contribution is 2.20. The molecule has 3 nitrogen and oxygen atoms in total. The molecule has 0 radical (unpaired) electrons. The predicted molar refractivity (Wildman–Crippen MR) is 32.9 cm³/mol. The molecule has 0 saturated heterocycles. The summed E-state index contributed by atoms with van der Waals surface area (Å²) in [7, 11) is 1.50.